The lowest BCUT2D eigenvalue weighted by molar-refractivity contribution is -0.137. The van der Waals surface area contributed by atoms with Gasteiger partial charge in [0.1, 0.15) is 6.04 Å². The Morgan fingerprint density at radius 3 is 2.72 bits per heavy atom. The molecule has 1 atom stereocenters. The molecule has 154 valence electrons. The number of nitrogens with one attached hydrogen (secondary N) is 3. The first kappa shape index (κ1) is 19.5. The van der Waals surface area contributed by atoms with Gasteiger partial charge in [-0.25, -0.2) is 0 Å². The van der Waals surface area contributed by atoms with Gasteiger partial charge in [0.2, 0.25) is 17.7 Å². The number of nitrogens with zero attached hydrogens (tertiary/aromatic N) is 2. The lowest BCUT2D eigenvalue weighted by Crippen LogP contribution is -2.52. The summed E-state index contributed by atoms with van der Waals surface area (Å²) in [5, 5.41) is 8.71. The van der Waals surface area contributed by atoms with E-state index >= 15 is 0 Å². The maximum Gasteiger partial charge on any atom is 0.255 e. The van der Waals surface area contributed by atoms with Crippen LogP contribution in [0.25, 0.3) is 0 Å². The van der Waals surface area contributed by atoms with Gasteiger partial charge in [0.15, 0.2) is 0 Å². The number of amides is 4. The first-order valence-corrected chi connectivity index (χ1v) is 9.98. The number of hydrogen-bond donors (Lipinski definition) is 3. The van der Waals surface area contributed by atoms with Crippen LogP contribution in [0.5, 0.6) is 0 Å². The van der Waals surface area contributed by atoms with Gasteiger partial charge in [0.25, 0.3) is 5.91 Å². The van der Waals surface area contributed by atoms with Crippen LogP contribution < -0.4 is 16.0 Å². The Morgan fingerprint density at radius 1 is 1.17 bits per heavy atom. The number of hydrogen-bond acceptors (Lipinski definition) is 6. The minimum Gasteiger partial charge on any atom is -0.339 e. The van der Waals surface area contributed by atoms with Gasteiger partial charge in [0, 0.05) is 51.3 Å². The van der Waals surface area contributed by atoms with Crippen molar-refractivity contribution in [3.63, 3.8) is 0 Å². The van der Waals surface area contributed by atoms with Crippen molar-refractivity contribution >= 4 is 23.6 Å². The summed E-state index contributed by atoms with van der Waals surface area (Å²) >= 11 is 0. The fourth-order valence-electron chi connectivity index (χ4n) is 4.08. The van der Waals surface area contributed by atoms with Crippen molar-refractivity contribution in [1.82, 2.24) is 25.8 Å². The zero-order valence-electron chi connectivity index (χ0n) is 16.2. The molecule has 0 aromatic heterocycles. The van der Waals surface area contributed by atoms with Crippen molar-refractivity contribution in [3.05, 3.63) is 34.9 Å². The highest BCUT2D eigenvalue weighted by atomic mass is 16.2. The molecular weight excluding hydrogens is 374 g/mol. The highest BCUT2D eigenvalue weighted by Crippen LogP contribution is 2.28. The first-order chi connectivity index (χ1) is 14.0. The van der Waals surface area contributed by atoms with E-state index in [1.165, 1.54) is 4.90 Å². The topological polar surface area (TPSA) is 111 Å². The normalized spacial score (nSPS) is 21.9. The van der Waals surface area contributed by atoms with Gasteiger partial charge in [0.05, 0.1) is 6.54 Å². The minimum atomic E-state index is -0.606. The van der Waals surface area contributed by atoms with Crippen molar-refractivity contribution in [2.75, 3.05) is 32.7 Å². The summed E-state index contributed by atoms with van der Waals surface area (Å²) in [6, 6.07) is 4.98. The molecule has 3 N–H and O–H groups in total. The molecule has 0 radical (unpaired) electrons. The number of carbonyl (C=O) groups is 4. The Bertz CT molecular complexity index is 849. The van der Waals surface area contributed by atoms with E-state index in [0.29, 0.717) is 25.1 Å². The lowest BCUT2D eigenvalue weighted by atomic mass is 10.0. The van der Waals surface area contributed by atoms with Gasteiger partial charge >= 0.3 is 0 Å². The molecule has 0 saturated carbocycles. The van der Waals surface area contributed by atoms with E-state index in [4.69, 9.17) is 0 Å². The smallest absolute Gasteiger partial charge is 0.255 e. The van der Waals surface area contributed by atoms with Crippen LogP contribution in [0, 0.1) is 0 Å². The van der Waals surface area contributed by atoms with Crippen molar-refractivity contribution < 1.29 is 19.2 Å². The zero-order chi connectivity index (χ0) is 20.4. The molecule has 2 saturated heterocycles. The van der Waals surface area contributed by atoms with Crippen LogP contribution in [0.2, 0.25) is 0 Å². The zero-order valence-corrected chi connectivity index (χ0v) is 16.2. The molecule has 0 aliphatic carbocycles. The summed E-state index contributed by atoms with van der Waals surface area (Å²) in [4.78, 5) is 51.8. The monoisotopic (exact) mass is 399 g/mol. The van der Waals surface area contributed by atoms with Crippen molar-refractivity contribution in [2.24, 2.45) is 0 Å². The molecule has 2 fully saturated rings. The third kappa shape index (κ3) is 4.15. The standard InChI is InChI=1S/C20H25N5O4/c26-17-4-3-16(19(28)23-17)25-12-14-9-13(1-2-15(14)20(25)29)10-22-11-18(27)24-7-5-21-6-8-24/h1-2,9,16,21-22H,3-8,10-12H2,(H,23,26,28). The summed E-state index contributed by atoms with van der Waals surface area (Å²) in [6.07, 6.45) is 0.597. The van der Waals surface area contributed by atoms with Crippen LogP contribution in [-0.4, -0.2) is 72.2 Å². The number of imide groups is 1. The minimum absolute atomic E-state index is 0.0897. The van der Waals surface area contributed by atoms with Crippen molar-refractivity contribution in [3.8, 4) is 0 Å². The molecule has 4 rings (SSSR count). The van der Waals surface area contributed by atoms with Gasteiger partial charge in [-0.1, -0.05) is 12.1 Å². The van der Waals surface area contributed by atoms with Gasteiger partial charge in [-0.3, -0.25) is 24.5 Å². The number of piperidine rings is 1. The second-order valence-corrected chi connectivity index (χ2v) is 7.63. The van der Waals surface area contributed by atoms with Crippen molar-refractivity contribution in [2.45, 2.75) is 32.0 Å². The third-order valence-electron chi connectivity index (χ3n) is 5.66. The summed E-state index contributed by atoms with van der Waals surface area (Å²) < 4.78 is 0. The summed E-state index contributed by atoms with van der Waals surface area (Å²) in [6.45, 7) is 4.28. The van der Waals surface area contributed by atoms with E-state index in [1.54, 1.807) is 6.07 Å². The summed E-state index contributed by atoms with van der Waals surface area (Å²) in [7, 11) is 0. The maximum absolute atomic E-state index is 12.7. The Labute approximate surface area is 168 Å². The Morgan fingerprint density at radius 2 is 1.97 bits per heavy atom. The van der Waals surface area contributed by atoms with E-state index in [1.807, 2.05) is 17.0 Å². The van der Waals surface area contributed by atoms with E-state index in [9.17, 15) is 19.2 Å². The van der Waals surface area contributed by atoms with Gasteiger partial charge in [-0.2, -0.15) is 0 Å². The fourth-order valence-corrected chi connectivity index (χ4v) is 4.08. The summed E-state index contributed by atoms with van der Waals surface area (Å²) in [5.74, 6) is -0.787. The maximum atomic E-state index is 12.7. The van der Waals surface area contributed by atoms with E-state index in [-0.39, 0.29) is 30.7 Å². The third-order valence-corrected chi connectivity index (χ3v) is 5.66. The molecule has 3 aliphatic heterocycles. The second-order valence-electron chi connectivity index (χ2n) is 7.63. The molecule has 29 heavy (non-hydrogen) atoms. The molecular formula is C20H25N5O4. The van der Waals surface area contributed by atoms with Crippen LogP contribution in [-0.2, 0) is 27.5 Å². The summed E-state index contributed by atoms with van der Waals surface area (Å²) in [5.41, 5.74) is 2.44. The average molecular weight is 399 g/mol. The molecule has 0 bridgehead atoms. The number of piperazine rings is 1. The second kappa shape index (κ2) is 8.30. The van der Waals surface area contributed by atoms with E-state index in [0.717, 1.165) is 37.3 Å². The molecule has 9 nitrogen and oxygen atoms in total. The predicted octanol–water partition coefficient (Wildman–Crippen LogP) is -1.03. The first-order valence-electron chi connectivity index (χ1n) is 9.98. The highest BCUT2D eigenvalue weighted by Gasteiger charge is 2.39. The molecule has 4 amide bonds. The number of carbonyl (C=O) groups excluding carboxylic acids is 4. The Balaban J connectivity index is 1.34. The van der Waals surface area contributed by atoms with Gasteiger partial charge < -0.3 is 20.4 Å². The number of fused-ring (bicyclic) bond motifs is 1. The molecule has 9 heteroatoms. The molecule has 3 heterocycles. The Hall–Kier alpha value is -2.78. The quantitative estimate of drug-likeness (QED) is 0.546. The van der Waals surface area contributed by atoms with Gasteiger partial charge in [-0.05, 0) is 23.6 Å². The number of benzene rings is 1. The largest absolute Gasteiger partial charge is 0.339 e. The number of rotatable bonds is 5. The molecule has 1 aromatic carbocycles. The molecule has 1 unspecified atom stereocenters. The van der Waals surface area contributed by atoms with E-state index < -0.39 is 11.9 Å². The molecule has 3 aliphatic rings. The van der Waals surface area contributed by atoms with E-state index in [2.05, 4.69) is 16.0 Å². The van der Waals surface area contributed by atoms with Gasteiger partial charge in [-0.15, -0.1) is 0 Å². The fraction of sp³-hybridized carbons (Fsp3) is 0.500. The SMILES string of the molecule is O=C1CCC(N2Cc3cc(CNCC(=O)N4CCNCC4)ccc3C2=O)C(=O)N1. The van der Waals surface area contributed by atoms with Crippen LogP contribution >= 0.6 is 0 Å². The molecule has 0 spiro atoms. The average Bonchev–Trinajstić information content (AvgIpc) is 3.04. The predicted molar refractivity (Wildman–Crippen MR) is 104 cm³/mol. The Kier molecular flexibility index (Phi) is 5.59. The highest BCUT2D eigenvalue weighted by molar-refractivity contribution is 6.05. The van der Waals surface area contributed by atoms with Crippen LogP contribution in [0.1, 0.15) is 34.3 Å². The van der Waals surface area contributed by atoms with Crippen LogP contribution in [0.3, 0.4) is 0 Å². The van der Waals surface area contributed by atoms with Crippen LogP contribution in [0.4, 0.5) is 0 Å². The lowest BCUT2D eigenvalue weighted by Gasteiger charge is -2.29. The molecule has 1 aromatic rings. The van der Waals surface area contributed by atoms with Crippen molar-refractivity contribution in [1.29, 1.82) is 0 Å². The van der Waals surface area contributed by atoms with Crippen LogP contribution in [0.15, 0.2) is 18.2 Å².